The van der Waals surface area contributed by atoms with E-state index >= 15 is 0 Å². The maximum Gasteiger partial charge on any atom is 0.331 e. The van der Waals surface area contributed by atoms with Gasteiger partial charge in [-0.25, -0.2) is 4.98 Å². The van der Waals surface area contributed by atoms with Gasteiger partial charge in [0, 0.05) is 11.6 Å². The van der Waals surface area contributed by atoms with Gasteiger partial charge in [-0.1, -0.05) is 0 Å². The quantitative estimate of drug-likeness (QED) is 0.429. The van der Waals surface area contributed by atoms with E-state index in [0.717, 1.165) is 0 Å². The first-order valence-corrected chi connectivity index (χ1v) is 4.18. The number of hydrogen-bond acceptors (Lipinski definition) is 5. The van der Waals surface area contributed by atoms with Crippen molar-refractivity contribution < 1.29 is 14.5 Å². The van der Waals surface area contributed by atoms with Gasteiger partial charge >= 0.3 is 5.69 Å². The van der Waals surface area contributed by atoms with Gasteiger partial charge in [0.25, 0.3) is 5.88 Å². The number of hydrogen-bond donors (Lipinski definition) is 0. The van der Waals surface area contributed by atoms with Crippen molar-refractivity contribution in [3.8, 4) is 5.88 Å². The fraction of sp³-hybridized carbons (Fsp3) is 0.333. The fourth-order valence-electron chi connectivity index (χ4n) is 1.21. The van der Waals surface area contributed by atoms with E-state index in [1.165, 1.54) is 20.1 Å². The zero-order valence-electron chi connectivity index (χ0n) is 8.60. The molecule has 1 heterocycles. The summed E-state index contributed by atoms with van der Waals surface area (Å²) in [7, 11) is 1.29. The van der Waals surface area contributed by atoms with Crippen LogP contribution in [0.15, 0.2) is 6.07 Å². The van der Waals surface area contributed by atoms with Gasteiger partial charge in [-0.3, -0.25) is 14.9 Å². The second-order valence-electron chi connectivity index (χ2n) is 2.96. The molecular formula is C9H10N2O4. The van der Waals surface area contributed by atoms with Crippen LogP contribution < -0.4 is 4.74 Å². The first-order chi connectivity index (χ1) is 6.97. The average molecular weight is 210 g/mol. The van der Waals surface area contributed by atoms with E-state index in [1.54, 1.807) is 6.92 Å². The van der Waals surface area contributed by atoms with Gasteiger partial charge in [-0.05, 0) is 13.8 Å². The van der Waals surface area contributed by atoms with E-state index < -0.39 is 4.92 Å². The summed E-state index contributed by atoms with van der Waals surface area (Å²) in [6, 6.07) is 1.18. The van der Waals surface area contributed by atoms with E-state index in [-0.39, 0.29) is 22.9 Å². The summed E-state index contributed by atoms with van der Waals surface area (Å²) >= 11 is 0. The van der Waals surface area contributed by atoms with Crippen LogP contribution in [-0.4, -0.2) is 22.8 Å². The maximum atomic E-state index is 11.1. The molecule has 0 saturated heterocycles. The highest BCUT2D eigenvalue weighted by molar-refractivity contribution is 5.95. The Hall–Kier alpha value is -1.98. The van der Waals surface area contributed by atoms with E-state index in [9.17, 15) is 14.9 Å². The monoisotopic (exact) mass is 210 g/mol. The molecule has 0 unspecified atom stereocenters. The summed E-state index contributed by atoms with van der Waals surface area (Å²) in [6.45, 7) is 2.93. The zero-order valence-corrected chi connectivity index (χ0v) is 8.60. The van der Waals surface area contributed by atoms with Gasteiger partial charge in [0.2, 0.25) is 0 Å². The van der Waals surface area contributed by atoms with Crippen LogP contribution in [0, 0.1) is 17.0 Å². The standard InChI is InChI=1S/C9H10N2O4/c1-5-7(6(2)12)4-8(11(13)14)9(10-5)15-3/h4H,1-3H3. The Morgan fingerprint density at radius 3 is 2.60 bits per heavy atom. The number of carbonyl (C=O) groups is 1. The van der Waals surface area contributed by atoms with Crippen LogP contribution in [-0.2, 0) is 0 Å². The van der Waals surface area contributed by atoms with Gasteiger partial charge in [0.05, 0.1) is 17.7 Å². The molecule has 0 aliphatic heterocycles. The first-order valence-electron chi connectivity index (χ1n) is 4.18. The Morgan fingerprint density at radius 2 is 2.20 bits per heavy atom. The molecule has 1 aromatic rings. The van der Waals surface area contributed by atoms with Gasteiger partial charge < -0.3 is 4.74 Å². The minimum Gasteiger partial charge on any atom is -0.476 e. The molecule has 0 bridgehead atoms. The van der Waals surface area contributed by atoms with Crippen molar-refractivity contribution in [2.24, 2.45) is 0 Å². The van der Waals surface area contributed by atoms with Crippen LogP contribution in [0.3, 0.4) is 0 Å². The number of ketones is 1. The minimum atomic E-state index is -0.627. The molecule has 0 amide bonds. The summed E-state index contributed by atoms with van der Waals surface area (Å²) in [5, 5.41) is 10.6. The molecule has 6 nitrogen and oxygen atoms in total. The number of aromatic nitrogens is 1. The molecule has 0 aromatic carbocycles. The molecule has 0 radical (unpaired) electrons. The summed E-state index contributed by atoms with van der Waals surface area (Å²) in [5.74, 6) is -0.340. The zero-order chi connectivity index (χ0) is 11.6. The molecule has 0 aliphatic carbocycles. The minimum absolute atomic E-state index is 0.0810. The van der Waals surface area contributed by atoms with Gasteiger partial charge in [0.1, 0.15) is 0 Å². The Labute approximate surface area is 86.0 Å². The molecule has 0 atom stereocenters. The van der Waals surface area contributed by atoms with Crippen molar-refractivity contribution in [1.29, 1.82) is 0 Å². The highest BCUT2D eigenvalue weighted by Gasteiger charge is 2.20. The molecule has 80 valence electrons. The normalized spacial score (nSPS) is 9.80. The number of nitrogens with zero attached hydrogens (tertiary/aromatic N) is 2. The predicted octanol–water partition coefficient (Wildman–Crippen LogP) is 1.51. The molecule has 0 aliphatic rings. The number of pyridine rings is 1. The molecule has 0 fully saturated rings. The van der Waals surface area contributed by atoms with Gasteiger partial charge in [0.15, 0.2) is 5.78 Å². The molecular weight excluding hydrogens is 200 g/mol. The van der Waals surface area contributed by atoms with Gasteiger partial charge in [-0.15, -0.1) is 0 Å². The second-order valence-corrected chi connectivity index (χ2v) is 2.96. The number of aryl methyl sites for hydroxylation is 1. The molecule has 1 aromatic heterocycles. The van der Waals surface area contributed by atoms with E-state index in [4.69, 9.17) is 4.74 Å². The third-order valence-corrected chi connectivity index (χ3v) is 1.93. The first kappa shape index (κ1) is 11.1. The molecule has 6 heteroatoms. The lowest BCUT2D eigenvalue weighted by molar-refractivity contribution is -0.386. The van der Waals surface area contributed by atoms with Crippen molar-refractivity contribution in [2.75, 3.05) is 7.11 Å². The summed E-state index contributed by atoms with van der Waals surface area (Å²) < 4.78 is 4.76. The van der Waals surface area contributed by atoms with Gasteiger partial charge in [-0.2, -0.15) is 0 Å². The van der Waals surface area contributed by atoms with Crippen LogP contribution in [0.25, 0.3) is 0 Å². The van der Waals surface area contributed by atoms with Crippen molar-refractivity contribution in [2.45, 2.75) is 13.8 Å². The lowest BCUT2D eigenvalue weighted by Crippen LogP contribution is -2.04. The second kappa shape index (κ2) is 4.04. The Bertz CT molecular complexity index is 428. The topological polar surface area (TPSA) is 82.3 Å². The van der Waals surface area contributed by atoms with Crippen molar-refractivity contribution in [3.63, 3.8) is 0 Å². The third kappa shape index (κ3) is 2.09. The SMILES string of the molecule is COc1nc(C)c(C(C)=O)cc1[N+](=O)[O-]. The number of ether oxygens (including phenoxy) is 1. The number of methoxy groups -OCH3 is 1. The van der Waals surface area contributed by atoms with Crippen molar-refractivity contribution in [3.05, 3.63) is 27.4 Å². The molecule has 0 spiro atoms. The number of carbonyl (C=O) groups excluding carboxylic acids is 1. The van der Waals surface area contributed by atoms with E-state index in [0.29, 0.717) is 5.69 Å². The van der Waals surface area contributed by atoms with Crippen LogP contribution in [0.2, 0.25) is 0 Å². The van der Waals surface area contributed by atoms with Crippen LogP contribution in [0.4, 0.5) is 5.69 Å². The number of nitro groups is 1. The maximum absolute atomic E-state index is 11.1. The lowest BCUT2D eigenvalue weighted by atomic mass is 10.1. The highest BCUT2D eigenvalue weighted by Crippen LogP contribution is 2.26. The smallest absolute Gasteiger partial charge is 0.331 e. The third-order valence-electron chi connectivity index (χ3n) is 1.93. The number of rotatable bonds is 3. The van der Waals surface area contributed by atoms with E-state index in [2.05, 4.69) is 4.98 Å². The predicted molar refractivity (Wildman–Crippen MR) is 52.2 cm³/mol. The highest BCUT2D eigenvalue weighted by atomic mass is 16.6. The largest absolute Gasteiger partial charge is 0.476 e. The van der Waals surface area contributed by atoms with Crippen LogP contribution in [0.1, 0.15) is 23.0 Å². The molecule has 0 saturated carbocycles. The van der Waals surface area contributed by atoms with Crippen LogP contribution in [0.5, 0.6) is 5.88 Å². The molecule has 1 rings (SSSR count). The Morgan fingerprint density at radius 1 is 1.60 bits per heavy atom. The van der Waals surface area contributed by atoms with Crippen LogP contribution >= 0.6 is 0 Å². The average Bonchev–Trinajstić information content (AvgIpc) is 2.16. The Kier molecular flexibility index (Phi) is 2.99. The summed E-state index contributed by atoms with van der Waals surface area (Å²) in [5.41, 5.74) is 0.362. The number of Topliss-reactive ketones (excluding diaryl/α,β-unsaturated/α-hetero) is 1. The summed E-state index contributed by atoms with van der Waals surface area (Å²) in [6.07, 6.45) is 0. The Balaban J connectivity index is 3.43. The van der Waals surface area contributed by atoms with E-state index in [1.807, 2.05) is 0 Å². The summed E-state index contributed by atoms with van der Waals surface area (Å²) in [4.78, 5) is 25.0. The van der Waals surface area contributed by atoms with Crippen molar-refractivity contribution >= 4 is 11.5 Å². The molecule has 0 N–H and O–H groups in total. The lowest BCUT2D eigenvalue weighted by Gasteiger charge is -2.04. The fourth-order valence-corrected chi connectivity index (χ4v) is 1.21. The molecule has 15 heavy (non-hydrogen) atoms. The van der Waals surface area contributed by atoms with Crippen molar-refractivity contribution in [1.82, 2.24) is 4.98 Å².